The van der Waals surface area contributed by atoms with Gasteiger partial charge in [0.2, 0.25) is 0 Å². The number of anilines is 1. The number of carbonyl (C=O) groups excluding carboxylic acids is 1. The molecule has 0 bridgehead atoms. The van der Waals surface area contributed by atoms with E-state index in [0.717, 1.165) is 5.56 Å². The number of benzene rings is 2. The second-order valence-corrected chi connectivity index (χ2v) is 4.77. The van der Waals surface area contributed by atoms with Crippen LogP contribution in [-0.4, -0.2) is 13.2 Å². The molecule has 0 saturated heterocycles. The fourth-order valence-electron chi connectivity index (χ4n) is 1.99. The van der Waals surface area contributed by atoms with Gasteiger partial charge in [0.1, 0.15) is 12.4 Å². The zero-order valence-electron chi connectivity index (χ0n) is 13.1. The van der Waals surface area contributed by atoms with Crippen molar-refractivity contribution in [1.82, 2.24) is 0 Å². The van der Waals surface area contributed by atoms with Gasteiger partial charge in [-0.05, 0) is 35.9 Å². The molecule has 0 atom stereocenters. The van der Waals surface area contributed by atoms with E-state index in [1.807, 2.05) is 30.3 Å². The molecular weight excluding hydrogens is 290 g/mol. The van der Waals surface area contributed by atoms with Crippen molar-refractivity contribution in [2.24, 2.45) is 0 Å². The molecule has 2 aromatic rings. The molecule has 0 aromatic heterocycles. The topological polar surface area (TPSA) is 38.8 Å². The molecule has 0 unspecified atom stereocenters. The smallest absolute Gasteiger partial charge is 0.419 e. The molecule has 0 heterocycles. The summed E-state index contributed by atoms with van der Waals surface area (Å²) in [6.45, 7) is 7.70. The van der Waals surface area contributed by atoms with Crippen molar-refractivity contribution in [2.75, 3.05) is 12.0 Å². The third-order valence-corrected chi connectivity index (χ3v) is 3.24. The van der Waals surface area contributed by atoms with Gasteiger partial charge in [-0.1, -0.05) is 43.5 Å². The first-order valence-electron chi connectivity index (χ1n) is 7.12. The summed E-state index contributed by atoms with van der Waals surface area (Å²) in [5, 5.41) is 0. The molecular formula is C19H19NO3. The standard InChI is InChI=1S/C19H19NO3/c1-4-15(2)20(17-10-12-18(22-3)13-11-17)19(21)23-14-16-8-6-5-7-9-16/h4-13H,1-2,14H2,3H3. The predicted octanol–water partition coefficient (Wildman–Crippen LogP) is 4.54. The lowest BCUT2D eigenvalue weighted by Crippen LogP contribution is -2.29. The maximum absolute atomic E-state index is 12.4. The summed E-state index contributed by atoms with van der Waals surface area (Å²) >= 11 is 0. The highest BCUT2D eigenvalue weighted by Gasteiger charge is 2.19. The zero-order valence-corrected chi connectivity index (χ0v) is 13.1. The molecule has 0 aliphatic heterocycles. The first-order chi connectivity index (χ1) is 11.2. The summed E-state index contributed by atoms with van der Waals surface area (Å²) in [6, 6.07) is 16.6. The van der Waals surface area contributed by atoms with Gasteiger partial charge in [-0.15, -0.1) is 0 Å². The first kappa shape index (κ1) is 16.4. The highest BCUT2D eigenvalue weighted by Crippen LogP contribution is 2.23. The van der Waals surface area contributed by atoms with Crippen LogP contribution in [0.2, 0.25) is 0 Å². The van der Waals surface area contributed by atoms with E-state index in [1.54, 1.807) is 31.4 Å². The third kappa shape index (κ3) is 4.23. The minimum atomic E-state index is -0.510. The van der Waals surface area contributed by atoms with Crippen LogP contribution < -0.4 is 9.64 Å². The van der Waals surface area contributed by atoms with E-state index in [4.69, 9.17) is 9.47 Å². The van der Waals surface area contributed by atoms with Gasteiger partial charge < -0.3 is 9.47 Å². The van der Waals surface area contributed by atoms with Gasteiger partial charge in [-0.2, -0.15) is 0 Å². The van der Waals surface area contributed by atoms with Crippen molar-refractivity contribution in [1.29, 1.82) is 0 Å². The van der Waals surface area contributed by atoms with Crippen LogP contribution in [0.5, 0.6) is 5.75 Å². The average Bonchev–Trinajstić information content (AvgIpc) is 2.61. The number of rotatable bonds is 6. The lowest BCUT2D eigenvalue weighted by Gasteiger charge is -2.22. The van der Waals surface area contributed by atoms with E-state index in [9.17, 15) is 4.79 Å². The van der Waals surface area contributed by atoms with E-state index in [0.29, 0.717) is 17.1 Å². The Balaban J connectivity index is 2.15. The molecule has 1 amide bonds. The summed E-state index contributed by atoms with van der Waals surface area (Å²) in [5.41, 5.74) is 1.99. The van der Waals surface area contributed by atoms with E-state index < -0.39 is 6.09 Å². The monoisotopic (exact) mass is 309 g/mol. The Labute approximate surface area is 136 Å². The molecule has 0 N–H and O–H groups in total. The van der Waals surface area contributed by atoms with Crippen molar-refractivity contribution >= 4 is 11.8 Å². The molecule has 0 fully saturated rings. The summed E-state index contributed by atoms with van der Waals surface area (Å²) in [6.07, 6.45) is 0.998. The summed E-state index contributed by atoms with van der Waals surface area (Å²) in [5.74, 6) is 0.704. The van der Waals surface area contributed by atoms with Gasteiger partial charge in [0.25, 0.3) is 0 Å². The number of ether oxygens (including phenoxy) is 2. The number of amides is 1. The molecule has 2 rings (SSSR count). The first-order valence-corrected chi connectivity index (χ1v) is 7.12. The lowest BCUT2D eigenvalue weighted by atomic mass is 10.2. The van der Waals surface area contributed by atoms with Crippen LogP contribution in [0.25, 0.3) is 0 Å². The number of hydrogen-bond acceptors (Lipinski definition) is 3. The van der Waals surface area contributed by atoms with Crippen molar-refractivity contribution in [2.45, 2.75) is 6.61 Å². The number of nitrogens with zero attached hydrogens (tertiary/aromatic N) is 1. The zero-order chi connectivity index (χ0) is 16.7. The van der Waals surface area contributed by atoms with Crippen LogP contribution in [0.3, 0.4) is 0 Å². The van der Waals surface area contributed by atoms with Crippen LogP contribution in [-0.2, 0) is 11.3 Å². The number of hydrogen-bond donors (Lipinski definition) is 0. The van der Waals surface area contributed by atoms with Crippen molar-refractivity contribution in [3.8, 4) is 5.75 Å². The Hall–Kier alpha value is -3.01. The Morgan fingerprint density at radius 3 is 2.35 bits per heavy atom. The van der Waals surface area contributed by atoms with Crippen LogP contribution in [0, 0.1) is 0 Å². The fraction of sp³-hybridized carbons (Fsp3) is 0.105. The van der Waals surface area contributed by atoms with Crippen LogP contribution in [0.15, 0.2) is 79.5 Å². The molecule has 2 aromatic carbocycles. The maximum atomic E-state index is 12.4. The largest absolute Gasteiger partial charge is 0.497 e. The second-order valence-electron chi connectivity index (χ2n) is 4.77. The minimum absolute atomic E-state index is 0.191. The van der Waals surface area contributed by atoms with E-state index in [2.05, 4.69) is 13.2 Å². The molecule has 0 radical (unpaired) electrons. The van der Waals surface area contributed by atoms with E-state index in [1.165, 1.54) is 11.0 Å². The molecule has 4 heteroatoms. The van der Waals surface area contributed by atoms with Gasteiger partial charge >= 0.3 is 6.09 Å². The predicted molar refractivity (Wildman–Crippen MR) is 91.4 cm³/mol. The summed E-state index contributed by atoms with van der Waals surface area (Å²) in [7, 11) is 1.59. The summed E-state index contributed by atoms with van der Waals surface area (Å²) in [4.78, 5) is 13.8. The Morgan fingerprint density at radius 1 is 1.13 bits per heavy atom. The number of allylic oxidation sites excluding steroid dienone is 1. The van der Waals surface area contributed by atoms with Gasteiger partial charge in [0, 0.05) is 5.70 Å². The number of carbonyl (C=O) groups is 1. The third-order valence-electron chi connectivity index (χ3n) is 3.24. The molecule has 118 valence electrons. The van der Waals surface area contributed by atoms with Crippen LogP contribution in [0.1, 0.15) is 5.56 Å². The molecule has 0 aliphatic rings. The number of methoxy groups -OCH3 is 1. The average molecular weight is 309 g/mol. The Bertz CT molecular complexity index is 678. The van der Waals surface area contributed by atoms with E-state index >= 15 is 0 Å². The van der Waals surface area contributed by atoms with Gasteiger partial charge in [0.15, 0.2) is 0 Å². The molecule has 23 heavy (non-hydrogen) atoms. The molecule has 4 nitrogen and oxygen atoms in total. The SMILES string of the molecule is C=CC(=C)N(C(=O)OCc1ccccc1)c1ccc(OC)cc1. The molecule has 0 aliphatic carbocycles. The van der Waals surface area contributed by atoms with Crippen LogP contribution in [0.4, 0.5) is 10.5 Å². The van der Waals surface area contributed by atoms with Crippen molar-refractivity contribution in [3.63, 3.8) is 0 Å². The quantitative estimate of drug-likeness (QED) is 0.735. The van der Waals surface area contributed by atoms with Gasteiger partial charge in [-0.25, -0.2) is 9.69 Å². The lowest BCUT2D eigenvalue weighted by molar-refractivity contribution is 0.149. The highest BCUT2D eigenvalue weighted by atomic mass is 16.6. The van der Waals surface area contributed by atoms with Crippen molar-refractivity contribution in [3.05, 3.63) is 85.1 Å². The fourth-order valence-corrected chi connectivity index (χ4v) is 1.99. The minimum Gasteiger partial charge on any atom is -0.497 e. The second kappa shape index (κ2) is 7.84. The van der Waals surface area contributed by atoms with Crippen LogP contribution >= 0.6 is 0 Å². The maximum Gasteiger partial charge on any atom is 0.419 e. The van der Waals surface area contributed by atoms with Crippen molar-refractivity contribution < 1.29 is 14.3 Å². The molecule has 0 spiro atoms. The normalized spacial score (nSPS) is 9.78. The Morgan fingerprint density at radius 2 is 1.78 bits per heavy atom. The van der Waals surface area contributed by atoms with E-state index in [-0.39, 0.29) is 6.61 Å². The molecule has 0 saturated carbocycles. The highest BCUT2D eigenvalue weighted by molar-refractivity contribution is 5.91. The summed E-state index contributed by atoms with van der Waals surface area (Å²) < 4.78 is 10.5. The van der Waals surface area contributed by atoms with Gasteiger partial charge in [0.05, 0.1) is 12.8 Å². The Kier molecular flexibility index (Phi) is 5.58. The van der Waals surface area contributed by atoms with Gasteiger partial charge in [-0.3, -0.25) is 0 Å².